The van der Waals surface area contributed by atoms with Crippen LogP contribution in [0.25, 0.3) is 0 Å². The summed E-state index contributed by atoms with van der Waals surface area (Å²) in [6.07, 6.45) is 5.19. The first-order valence-electron chi connectivity index (χ1n) is 4.99. The molecule has 0 bridgehead atoms. The molecular weight excluding hydrogens is 202 g/mol. The van der Waals surface area contributed by atoms with Crippen molar-refractivity contribution in [2.45, 2.75) is 13.5 Å². The van der Waals surface area contributed by atoms with Crippen molar-refractivity contribution in [3.8, 4) is 5.88 Å². The fraction of sp³-hybridized carbons (Fsp3) is 0.167. The van der Waals surface area contributed by atoms with E-state index in [9.17, 15) is 0 Å². The topological polar surface area (TPSA) is 61.0 Å². The highest BCUT2D eigenvalue weighted by atomic mass is 16.5. The minimum atomic E-state index is 0.447. The predicted molar refractivity (Wildman–Crippen MR) is 62.0 cm³/mol. The second-order valence-electron chi connectivity index (χ2n) is 3.55. The Bertz CT molecular complexity index is 471. The number of hydrogen-bond donors (Lipinski definition) is 1. The van der Waals surface area contributed by atoms with Gasteiger partial charge in [-0.15, -0.1) is 0 Å². The van der Waals surface area contributed by atoms with E-state index in [0.29, 0.717) is 18.2 Å². The SMILES string of the molecule is Cc1cnc(OCc2ccncc2)c(N)c1. The Balaban J connectivity index is 2.05. The third-order valence-corrected chi connectivity index (χ3v) is 2.14. The Morgan fingerprint density at radius 3 is 2.75 bits per heavy atom. The summed E-state index contributed by atoms with van der Waals surface area (Å²) >= 11 is 0. The zero-order valence-corrected chi connectivity index (χ0v) is 9.05. The zero-order valence-electron chi connectivity index (χ0n) is 9.05. The Morgan fingerprint density at radius 2 is 2.06 bits per heavy atom. The number of anilines is 1. The molecule has 0 aliphatic rings. The van der Waals surface area contributed by atoms with Gasteiger partial charge in [0.15, 0.2) is 0 Å². The van der Waals surface area contributed by atoms with Crippen LogP contribution in [-0.4, -0.2) is 9.97 Å². The summed E-state index contributed by atoms with van der Waals surface area (Å²) < 4.78 is 5.51. The first-order valence-corrected chi connectivity index (χ1v) is 4.99. The molecule has 0 fully saturated rings. The van der Waals surface area contributed by atoms with Crippen LogP contribution in [0.15, 0.2) is 36.8 Å². The van der Waals surface area contributed by atoms with Gasteiger partial charge in [0.05, 0.1) is 5.69 Å². The van der Waals surface area contributed by atoms with Gasteiger partial charge in [-0.25, -0.2) is 4.98 Å². The maximum absolute atomic E-state index is 5.79. The summed E-state index contributed by atoms with van der Waals surface area (Å²) in [7, 11) is 0. The van der Waals surface area contributed by atoms with Crippen LogP contribution in [0.3, 0.4) is 0 Å². The molecular formula is C12H13N3O. The minimum absolute atomic E-state index is 0.447. The fourth-order valence-corrected chi connectivity index (χ4v) is 1.33. The molecule has 4 nitrogen and oxygen atoms in total. The number of rotatable bonds is 3. The van der Waals surface area contributed by atoms with E-state index < -0.39 is 0 Å². The standard InChI is InChI=1S/C12H13N3O/c1-9-6-11(13)12(15-7-9)16-8-10-2-4-14-5-3-10/h2-7H,8,13H2,1H3. The highest BCUT2D eigenvalue weighted by molar-refractivity contribution is 5.49. The molecule has 0 spiro atoms. The van der Waals surface area contributed by atoms with Crippen molar-refractivity contribution < 1.29 is 4.74 Å². The largest absolute Gasteiger partial charge is 0.471 e. The summed E-state index contributed by atoms with van der Waals surface area (Å²) in [6.45, 7) is 2.39. The van der Waals surface area contributed by atoms with E-state index in [-0.39, 0.29) is 0 Å². The molecule has 2 N–H and O–H groups in total. The molecule has 2 aromatic rings. The van der Waals surface area contributed by atoms with Gasteiger partial charge in [-0.2, -0.15) is 0 Å². The van der Waals surface area contributed by atoms with E-state index in [1.807, 2.05) is 25.1 Å². The van der Waals surface area contributed by atoms with Crippen molar-refractivity contribution in [1.82, 2.24) is 9.97 Å². The maximum Gasteiger partial charge on any atom is 0.237 e. The number of nitrogens with zero attached hydrogens (tertiary/aromatic N) is 2. The Labute approximate surface area is 94.1 Å². The molecule has 0 radical (unpaired) electrons. The third-order valence-electron chi connectivity index (χ3n) is 2.14. The quantitative estimate of drug-likeness (QED) is 0.850. The van der Waals surface area contributed by atoms with Crippen LogP contribution in [-0.2, 0) is 6.61 Å². The number of ether oxygens (including phenoxy) is 1. The molecule has 0 atom stereocenters. The average molecular weight is 215 g/mol. The summed E-state index contributed by atoms with van der Waals surface area (Å²) in [5.74, 6) is 0.474. The number of nitrogen functional groups attached to an aromatic ring is 1. The monoisotopic (exact) mass is 215 g/mol. The summed E-state index contributed by atoms with van der Waals surface area (Å²) in [5.41, 5.74) is 8.41. The Kier molecular flexibility index (Phi) is 3.00. The first-order chi connectivity index (χ1) is 7.75. The molecule has 2 heterocycles. The lowest BCUT2D eigenvalue weighted by molar-refractivity contribution is 0.295. The van der Waals surface area contributed by atoms with Crippen LogP contribution in [0.1, 0.15) is 11.1 Å². The lowest BCUT2D eigenvalue weighted by Crippen LogP contribution is -2.01. The summed E-state index contributed by atoms with van der Waals surface area (Å²) in [5, 5.41) is 0. The molecule has 0 saturated carbocycles. The van der Waals surface area contributed by atoms with Gasteiger partial charge in [-0.3, -0.25) is 4.98 Å². The van der Waals surface area contributed by atoms with Crippen LogP contribution < -0.4 is 10.5 Å². The minimum Gasteiger partial charge on any atom is -0.471 e. The molecule has 0 aliphatic heterocycles. The van der Waals surface area contributed by atoms with E-state index in [1.165, 1.54) is 0 Å². The Morgan fingerprint density at radius 1 is 1.31 bits per heavy atom. The molecule has 0 amide bonds. The normalized spacial score (nSPS) is 10.1. The molecule has 0 aliphatic carbocycles. The smallest absolute Gasteiger partial charge is 0.237 e. The molecule has 2 aromatic heterocycles. The highest BCUT2D eigenvalue weighted by Gasteiger charge is 2.02. The van der Waals surface area contributed by atoms with Crippen molar-refractivity contribution in [2.24, 2.45) is 0 Å². The van der Waals surface area contributed by atoms with Gasteiger partial charge in [-0.1, -0.05) is 0 Å². The highest BCUT2D eigenvalue weighted by Crippen LogP contribution is 2.19. The van der Waals surface area contributed by atoms with Crippen LogP contribution >= 0.6 is 0 Å². The van der Waals surface area contributed by atoms with E-state index in [4.69, 9.17) is 10.5 Å². The van der Waals surface area contributed by atoms with Gasteiger partial charge >= 0.3 is 0 Å². The molecule has 4 heteroatoms. The molecule has 0 aromatic carbocycles. The molecule has 82 valence electrons. The van der Waals surface area contributed by atoms with Crippen LogP contribution in [0.4, 0.5) is 5.69 Å². The number of pyridine rings is 2. The molecule has 0 saturated heterocycles. The number of aromatic nitrogens is 2. The van der Waals surface area contributed by atoms with Crippen molar-refractivity contribution in [1.29, 1.82) is 0 Å². The zero-order chi connectivity index (χ0) is 11.4. The second kappa shape index (κ2) is 4.61. The van der Waals surface area contributed by atoms with Gasteiger partial charge in [0.25, 0.3) is 0 Å². The van der Waals surface area contributed by atoms with E-state index in [1.54, 1.807) is 18.6 Å². The Hall–Kier alpha value is -2.10. The molecule has 2 rings (SSSR count). The second-order valence-corrected chi connectivity index (χ2v) is 3.55. The van der Waals surface area contributed by atoms with Crippen molar-refractivity contribution in [3.63, 3.8) is 0 Å². The number of hydrogen-bond acceptors (Lipinski definition) is 4. The van der Waals surface area contributed by atoms with Crippen molar-refractivity contribution in [2.75, 3.05) is 5.73 Å². The number of aryl methyl sites for hydroxylation is 1. The van der Waals surface area contributed by atoms with Gasteiger partial charge in [0.2, 0.25) is 5.88 Å². The third kappa shape index (κ3) is 2.48. The van der Waals surface area contributed by atoms with Crippen LogP contribution in [0.5, 0.6) is 5.88 Å². The average Bonchev–Trinajstić information content (AvgIpc) is 2.29. The first kappa shape index (κ1) is 10.4. The summed E-state index contributed by atoms with van der Waals surface area (Å²) in [6, 6.07) is 5.63. The van der Waals surface area contributed by atoms with Crippen LogP contribution in [0.2, 0.25) is 0 Å². The lowest BCUT2D eigenvalue weighted by atomic mass is 10.3. The van der Waals surface area contributed by atoms with Gasteiger partial charge < -0.3 is 10.5 Å². The summed E-state index contributed by atoms with van der Waals surface area (Å²) in [4.78, 5) is 8.06. The maximum atomic E-state index is 5.79. The predicted octanol–water partition coefficient (Wildman–Crippen LogP) is 1.95. The van der Waals surface area contributed by atoms with E-state index >= 15 is 0 Å². The van der Waals surface area contributed by atoms with Crippen molar-refractivity contribution >= 4 is 5.69 Å². The van der Waals surface area contributed by atoms with E-state index in [0.717, 1.165) is 11.1 Å². The van der Waals surface area contributed by atoms with Gasteiger partial charge in [0, 0.05) is 18.6 Å². The molecule has 0 unspecified atom stereocenters. The fourth-order valence-electron chi connectivity index (χ4n) is 1.33. The van der Waals surface area contributed by atoms with E-state index in [2.05, 4.69) is 9.97 Å². The number of nitrogens with two attached hydrogens (primary N) is 1. The van der Waals surface area contributed by atoms with Gasteiger partial charge in [0.1, 0.15) is 6.61 Å². The molecule has 16 heavy (non-hydrogen) atoms. The lowest BCUT2D eigenvalue weighted by Gasteiger charge is -2.07. The van der Waals surface area contributed by atoms with Crippen LogP contribution in [0, 0.1) is 6.92 Å². The van der Waals surface area contributed by atoms with Crippen molar-refractivity contribution in [3.05, 3.63) is 47.9 Å². The van der Waals surface area contributed by atoms with Gasteiger partial charge in [-0.05, 0) is 36.2 Å².